The number of hydrogen-bond acceptors (Lipinski definition) is 4. The van der Waals surface area contributed by atoms with Crippen LogP contribution in [0.1, 0.15) is 28.2 Å². The molecule has 1 saturated heterocycles. The summed E-state index contributed by atoms with van der Waals surface area (Å²) in [6.45, 7) is 0.550. The number of amides is 3. The Morgan fingerprint density at radius 3 is 2.03 bits per heavy atom. The third-order valence-electron chi connectivity index (χ3n) is 6.02. The van der Waals surface area contributed by atoms with Gasteiger partial charge in [-0.05, 0) is 46.2 Å². The van der Waals surface area contributed by atoms with Crippen molar-refractivity contribution in [2.45, 2.75) is 24.0 Å². The Morgan fingerprint density at radius 1 is 0.844 bits per heavy atom. The van der Waals surface area contributed by atoms with Gasteiger partial charge >= 0.3 is 0 Å². The Morgan fingerprint density at radius 2 is 1.44 bits per heavy atom. The molecule has 5 nitrogen and oxygen atoms in total. The average Bonchev–Trinajstić information content (AvgIpc) is 3.31. The highest BCUT2D eigenvalue weighted by atomic mass is 32.2. The molecule has 0 unspecified atom stereocenters. The summed E-state index contributed by atoms with van der Waals surface area (Å²) in [7, 11) is 0. The number of imide groups is 1. The lowest BCUT2D eigenvalue weighted by Gasteiger charge is -2.14. The first kappa shape index (κ1) is 20.5. The van der Waals surface area contributed by atoms with Crippen LogP contribution in [0.4, 0.5) is 4.79 Å². The topological polar surface area (TPSA) is 75.3 Å². The molecule has 1 aliphatic carbocycles. The molecule has 0 saturated carbocycles. The van der Waals surface area contributed by atoms with Gasteiger partial charge in [0, 0.05) is 6.54 Å². The highest BCUT2D eigenvalue weighted by Gasteiger charge is 2.33. The lowest BCUT2D eigenvalue weighted by Crippen LogP contribution is -2.30. The Hall–Kier alpha value is -3.38. The van der Waals surface area contributed by atoms with Gasteiger partial charge in [0.2, 0.25) is 11.8 Å². The first-order valence-corrected chi connectivity index (χ1v) is 11.5. The van der Waals surface area contributed by atoms with Crippen molar-refractivity contribution in [2.24, 2.45) is 0 Å². The Balaban J connectivity index is 1.19. The van der Waals surface area contributed by atoms with Gasteiger partial charge < -0.3 is 5.32 Å². The van der Waals surface area contributed by atoms with Crippen LogP contribution >= 0.6 is 11.8 Å². The van der Waals surface area contributed by atoms with Gasteiger partial charge in [-0.2, -0.15) is 0 Å². The van der Waals surface area contributed by atoms with Gasteiger partial charge in [-0.15, -0.1) is 0 Å². The van der Waals surface area contributed by atoms with E-state index >= 15 is 0 Å². The molecular formula is C26H22N2O3S. The third kappa shape index (κ3) is 3.94. The van der Waals surface area contributed by atoms with E-state index in [1.165, 1.54) is 0 Å². The molecule has 3 aromatic rings. The molecule has 1 fully saturated rings. The van der Waals surface area contributed by atoms with E-state index in [1.807, 2.05) is 60.7 Å². The maximum absolute atomic E-state index is 13.1. The molecule has 2 N–H and O–H groups in total. The monoisotopic (exact) mass is 442 g/mol. The van der Waals surface area contributed by atoms with Crippen LogP contribution in [0.25, 0.3) is 11.1 Å². The van der Waals surface area contributed by atoms with Crippen LogP contribution in [0.2, 0.25) is 0 Å². The van der Waals surface area contributed by atoms with Crippen molar-refractivity contribution in [1.82, 2.24) is 10.6 Å². The second kappa shape index (κ2) is 8.63. The molecule has 3 amide bonds. The molecule has 160 valence electrons. The van der Waals surface area contributed by atoms with Crippen LogP contribution in [0.15, 0.2) is 72.8 Å². The summed E-state index contributed by atoms with van der Waals surface area (Å²) in [5, 5.41) is 4.79. The number of nitrogens with one attached hydrogen (secondary N) is 2. The minimum Gasteiger partial charge on any atom is -0.355 e. The fourth-order valence-corrected chi connectivity index (χ4v) is 5.31. The molecule has 0 radical (unpaired) electrons. The van der Waals surface area contributed by atoms with E-state index in [-0.39, 0.29) is 28.2 Å². The highest BCUT2D eigenvalue weighted by Crippen LogP contribution is 2.44. The molecule has 0 aromatic heterocycles. The number of carbonyl (C=O) groups is 3. The normalized spacial score (nSPS) is 17.1. The van der Waals surface area contributed by atoms with Crippen molar-refractivity contribution >= 4 is 28.8 Å². The van der Waals surface area contributed by atoms with Crippen LogP contribution in [0, 0.1) is 0 Å². The first-order valence-electron chi connectivity index (χ1n) is 10.7. The summed E-state index contributed by atoms with van der Waals surface area (Å²) in [4.78, 5) is 36.1. The molecule has 2 aliphatic rings. The number of benzene rings is 3. The van der Waals surface area contributed by atoms with E-state index < -0.39 is 0 Å². The van der Waals surface area contributed by atoms with Crippen molar-refractivity contribution < 1.29 is 14.4 Å². The Labute approximate surface area is 190 Å². The van der Waals surface area contributed by atoms with Crippen LogP contribution < -0.4 is 10.6 Å². The first-order chi connectivity index (χ1) is 15.6. The number of carbonyl (C=O) groups excluding carboxylic acids is 3. The van der Waals surface area contributed by atoms with Crippen molar-refractivity contribution in [3.05, 3.63) is 95.1 Å². The summed E-state index contributed by atoms with van der Waals surface area (Å²) < 4.78 is 0. The quantitative estimate of drug-likeness (QED) is 0.604. The minimum absolute atomic E-state index is 0.0213. The van der Waals surface area contributed by atoms with Gasteiger partial charge in [0.15, 0.2) is 0 Å². The maximum atomic E-state index is 13.1. The molecule has 1 atom stereocenters. The van der Waals surface area contributed by atoms with E-state index in [1.54, 1.807) is 0 Å². The van der Waals surface area contributed by atoms with Crippen molar-refractivity contribution in [3.63, 3.8) is 0 Å². The lowest BCUT2D eigenvalue weighted by atomic mass is 9.96. The van der Waals surface area contributed by atoms with Crippen LogP contribution in [0.3, 0.4) is 0 Å². The highest BCUT2D eigenvalue weighted by molar-refractivity contribution is 8.15. The molecule has 0 bridgehead atoms. The van der Waals surface area contributed by atoms with E-state index in [0.29, 0.717) is 13.0 Å². The lowest BCUT2D eigenvalue weighted by molar-refractivity contribution is -0.121. The zero-order valence-corrected chi connectivity index (χ0v) is 18.2. The molecule has 0 spiro atoms. The minimum atomic E-state index is -0.357. The SMILES string of the molecule is O=C1NC(=O)[C@@H](Cc2ccc(CCNC(=O)C3c4ccccc4-c4ccccc43)cc2)S1. The standard InChI is InChI=1S/C26H22N2O3S/c29-24-22(32-26(31)28-24)15-17-11-9-16(10-12-17)13-14-27-25(30)23-20-7-3-1-5-18(20)19-6-2-4-8-21(19)23/h1-12,22-23H,13-15H2,(H,27,30)(H,28,29,31)/t22-/m1/s1. The van der Waals surface area contributed by atoms with E-state index in [2.05, 4.69) is 22.8 Å². The smallest absolute Gasteiger partial charge is 0.286 e. The fourth-order valence-electron chi connectivity index (χ4n) is 4.45. The predicted molar refractivity (Wildman–Crippen MR) is 125 cm³/mol. The largest absolute Gasteiger partial charge is 0.355 e. The number of rotatable bonds is 6. The van der Waals surface area contributed by atoms with Crippen molar-refractivity contribution in [2.75, 3.05) is 6.54 Å². The van der Waals surface area contributed by atoms with Crippen molar-refractivity contribution in [3.8, 4) is 11.1 Å². The number of fused-ring (bicyclic) bond motifs is 3. The summed E-state index contributed by atoms with van der Waals surface area (Å²) >= 11 is 1.05. The van der Waals surface area contributed by atoms with Crippen LogP contribution in [-0.2, 0) is 22.4 Å². The number of thioether (sulfide) groups is 1. The molecule has 3 aromatic carbocycles. The van der Waals surface area contributed by atoms with Gasteiger partial charge in [-0.25, -0.2) is 0 Å². The molecule has 6 heteroatoms. The van der Waals surface area contributed by atoms with Gasteiger partial charge in [-0.1, -0.05) is 84.6 Å². The molecule has 1 aliphatic heterocycles. The summed E-state index contributed by atoms with van der Waals surface area (Å²) in [6, 6.07) is 24.2. The van der Waals surface area contributed by atoms with E-state index in [0.717, 1.165) is 51.6 Å². The number of hydrogen-bond donors (Lipinski definition) is 2. The molecule has 5 rings (SSSR count). The van der Waals surface area contributed by atoms with Gasteiger partial charge in [0.05, 0.1) is 11.2 Å². The van der Waals surface area contributed by atoms with E-state index in [9.17, 15) is 14.4 Å². The van der Waals surface area contributed by atoms with E-state index in [4.69, 9.17) is 0 Å². The van der Waals surface area contributed by atoms with Gasteiger partial charge in [-0.3, -0.25) is 19.7 Å². The fraction of sp³-hybridized carbons (Fsp3) is 0.192. The third-order valence-corrected chi connectivity index (χ3v) is 7.00. The van der Waals surface area contributed by atoms with Crippen LogP contribution in [-0.4, -0.2) is 28.8 Å². The Bertz CT molecular complexity index is 1160. The predicted octanol–water partition coefficient (Wildman–Crippen LogP) is 4.05. The summed E-state index contributed by atoms with van der Waals surface area (Å²) in [6.07, 6.45) is 1.25. The molecule has 32 heavy (non-hydrogen) atoms. The zero-order chi connectivity index (χ0) is 22.1. The Kier molecular flexibility index (Phi) is 5.53. The average molecular weight is 443 g/mol. The van der Waals surface area contributed by atoms with Crippen molar-refractivity contribution in [1.29, 1.82) is 0 Å². The van der Waals surface area contributed by atoms with Gasteiger partial charge in [0.1, 0.15) is 0 Å². The molecule has 1 heterocycles. The summed E-state index contributed by atoms with van der Waals surface area (Å²) in [5.41, 5.74) is 6.51. The molecular weight excluding hydrogens is 420 g/mol. The van der Waals surface area contributed by atoms with Gasteiger partial charge in [0.25, 0.3) is 5.24 Å². The second-order valence-corrected chi connectivity index (χ2v) is 9.23. The summed E-state index contributed by atoms with van der Waals surface area (Å²) in [5.74, 6) is -0.475. The maximum Gasteiger partial charge on any atom is 0.286 e. The zero-order valence-electron chi connectivity index (χ0n) is 17.3. The second-order valence-electron chi connectivity index (χ2n) is 8.05. The van der Waals surface area contributed by atoms with Crippen LogP contribution in [0.5, 0.6) is 0 Å².